The molecule has 0 unspecified atom stereocenters. The van der Waals surface area contributed by atoms with Gasteiger partial charge in [0.25, 0.3) is 0 Å². The summed E-state index contributed by atoms with van der Waals surface area (Å²) in [6.07, 6.45) is 1.65. The van der Waals surface area contributed by atoms with Crippen molar-refractivity contribution in [3.63, 3.8) is 0 Å². The number of hydrogen-bond acceptors (Lipinski definition) is 4. The van der Waals surface area contributed by atoms with Gasteiger partial charge in [-0.05, 0) is 37.6 Å². The molecule has 0 radical (unpaired) electrons. The van der Waals surface area contributed by atoms with Crippen LogP contribution >= 0.6 is 0 Å². The second-order valence-electron chi connectivity index (χ2n) is 3.44. The first-order valence-electron chi connectivity index (χ1n) is 5.87. The Labute approximate surface area is 107 Å². The van der Waals surface area contributed by atoms with Crippen molar-refractivity contribution in [3.8, 4) is 5.75 Å². The number of methoxy groups -OCH3 is 1. The smallest absolute Gasteiger partial charge is 0.373 e. The summed E-state index contributed by atoms with van der Waals surface area (Å²) in [5, 5.41) is 0. The summed E-state index contributed by atoms with van der Waals surface area (Å²) >= 11 is 0. The summed E-state index contributed by atoms with van der Waals surface area (Å²) in [5.74, 6) is 0.529. The fourth-order valence-electron chi connectivity index (χ4n) is 1.37. The minimum atomic E-state index is -0.449. The van der Waals surface area contributed by atoms with Gasteiger partial charge in [-0.3, -0.25) is 0 Å². The van der Waals surface area contributed by atoms with Gasteiger partial charge < -0.3 is 14.2 Å². The van der Waals surface area contributed by atoms with Gasteiger partial charge in [-0.15, -0.1) is 0 Å². The van der Waals surface area contributed by atoms with Crippen LogP contribution in [-0.2, 0) is 14.3 Å². The maximum atomic E-state index is 11.6. The number of rotatable bonds is 6. The minimum Gasteiger partial charge on any atom is -0.497 e. The quantitative estimate of drug-likeness (QED) is 0.442. The van der Waals surface area contributed by atoms with Crippen LogP contribution in [0.5, 0.6) is 5.75 Å². The van der Waals surface area contributed by atoms with Crippen LogP contribution < -0.4 is 4.74 Å². The van der Waals surface area contributed by atoms with Gasteiger partial charge in [-0.25, -0.2) is 4.79 Å². The van der Waals surface area contributed by atoms with E-state index in [1.165, 1.54) is 0 Å². The highest BCUT2D eigenvalue weighted by molar-refractivity contribution is 5.91. The van der Waals surface area contributed by atoms with Gasteiger partial charge in [0.1, 0.15) is 5.75 Å². The Morgan fingerprint density at radius 1 is 1.11 bits per heavy atom. The topological polar surface area (TPSA) is 44.8 Å². The van der Waals surface area contributed by atoms with Crippen LogP contribution in [0.4, 0.5) is 0 Å². The fourth-order valence-corrected chi connectivity index (χ4v) is 1.37. The first kappa shape index (κ1) is 14.1. The second kappa shape index (κ2) is 7.37. The van der Waals surface area contributed by atoms with Crippen molar-refractivity contribution in [2.24, 2.45) is 0 Å². The lowest BCUT2D eigenvalue weighted by atomic mass is 10.2. The molecule has 1 aromatic carbocycles. The zero-order chi connectivity index (χ0) is 13.4. The molecule has 0 aliphatic heterocycles. The van der Waals surface area contributed by atoms with Crippen molar-refractivity contribution < 1.29 is 19.0 Å². The summed E-state index contributed by atoms with van der Waals surface area (Å²) in [6.45, 7) is 4.32. The third-order valence-corrected chi connectivity index (χ3v) is 2.19. The highest BCUT2D eigenvalue weighted by Crippen LogP contribution is 2.15. The first-order valence-corrected chi connectivity index (χ1v) is 5.87. The van der Waals surface area contributed by atoms with E-state index in [0.717, 1.165) is 11.3 Å². The SMILES string of the molecule is CCOC(=O)/C(=C\c1ccc(OC)cc1)OCC. The molecule has 4 heteroatoms. The summed E-state index contributed by atoms with van der Waals surface area (Å²) in [6, 6.07) is 7.33. The third kappa shape index (κ3) is 4.13. The summed E-state index contributed by atoms with van der Waals surface area (Å²) in [4.78, 5) is 11.6. The Hall–Kier alpha value is -1.97. The van der Waals surface area contributed by atoms with Crippen molar-refractivity contribution in [3.05, 3.63) is 35.6 Å². The molecule has 1 rings (SSSR count). The standard InChI is InChI=1S/C14H18O4/c1-4-17-13(14(15)18-5-2)10-11-6-8-12(16-3)9-7-11/h6-10H,4-5H2,1-3H3/b13-10+. The monoisotopic (exact) mass is 250 g/mol. The molecule has 0 bridgehead atoms. The number of ether oxygens (including phenoxy) is 3. The summed E-state index contributed by atoms with van der Waals surface area (Å²) in [7, 11) is 1.61. The Bertz CT molecular complexity index is 406. The Kier molecular flexibility index (Phi) is 5.77. The Morgan fingerprint density at radius 3 is 2.22 bits per heavy atom. The molecule has 0 saturated carbocycles. The minimum absolute atomic E-state index is 0.213. The molecular weight excluding hydrogens is 232 g/mol. The zero-order valence-electron chi connectivity index (χ0n) is 10.9. The van der Waals surface area contributed by atoms with Crippen LogP contribution in [0, 0.1) is 0 Å². The van der Waals surface area contributed by atoms with Crippen LogP contribution in [0.25, 0.3) is 6.08 Å². The molecule has 0 aromatic heterocycles. The molecule has 0 fully saturated rings. The average Bonchev–Trinajstić information content (AvgIpc) is 2.39. The fraction of sp³-hybridized carbons (Fsp3) is 0.357. The molecule has 0 atom stereocenters. The highest BCUT2D eigenvalue weighted by Gasteiger charge is 2.11. The summed E-state index contributed by atoms with van der Waals surface area (Å²) < 4.78 is 15.3. The third-order valence-electron chi connectivity index (χ3n) is 2.19. The highest BCUT2D eigenvalue weighted by atomic mass is 16.6. The lowest BCUT2D eigenvalue weighted by Crippen LogP contribution is -2.10. The molecule has 0 saturated heterocycles. The van der Waals surface area contributed by atoms with Gasteiger partial charge in [-0.1, -0.05) is 12.1 Å². The van der Waals surface area contributed by atoms with Crippen molar-refractivity contribution in [1.29, 1.82) is 0 Å². The van der Waals surface area contributed by atoms with E-state index in [9.17, 15) is 4.79 Å². The van der Waals surface area contributed by atoms with Crippen molar-refractivity contribution in [2.75, 3.05) is 20.3 Å². The second-order valence-corrected chi connectivity index (χ2v) is 3.44. The molecular formula is C14H18O4. The van der Waals surface area contributed by atoms with Crippen LogP contribution in [0.15, 0.2) is 30.0 Å². The van der Waals surface area contributed by atoms with Gasteiger partial charge >= 0.3 is 5.97 Å². The van der Waals surface area contributed by atoms with E-state index in [4.69, 9.17) is 14.2 Å². The molecule has 0 aliphatic carbocycles. The van der Waals surface area contributed by atoms with E-state index in [0.29, 0.717) is 13.2 Å². The van der Waals surface area contributed by atoms with E-state index >= 15 is 0 Å². The van der Waals surface area contributed by atoms with E-state index in [2.05, 4.69) is 0 Å². The molecule has 0 heterocycles. The molecule has 0 spiro atoms. The van der Waals surface area contributed by atoms with Crippen LogP contribution in [0.2, 0.25) is 0 Å². The average molecular weight is 250 g/mol. The molecule has 98 valence electrons. The predicted octanol–water partition coefficient (Wildman–Crippen LogP) is 2.64. The van der Waals surface area contributed by atoms with Gasteiger partial charge in [0.05, 0.1) is 20.3 Å². The Morgan fingerprint density at radius 2 is 1.72 bits per heavy atom. The maximum Gasteiger partial charge on any atom is 0.373 e. The predicted molar refractivity (Wildman–Crippen MR) is 69.2 cm³/mol. The van der Waals surface area contributed by atoms with E-state index in [1.54, 1.807) is 20.1 Å². The first-order chi connectivity index (χ1) is 8.71. The van der Waals surface area contributed by atoms with Crippen LogP contribution in [0.3, 0.4) is 0 Å². The molecule has 1 aromatic rings. The van der Waals surface area contributed by atoms with Gasteiger partial charge in [0, 0.05) is 0 Å². The van der Waals surface area contributed by atoms with E-state index < -0.39 is 5.97 Å². The number of benzene rings is 1. The van der Waals surface area contributed by atoms with Gasteiger partial charge in [0.15, 0.2) is 0 Å². The molecule has 4 nitrogen and oxygen atoms in total. The van der Waals surface area contributed by atoms with Crippen molar-refractivity contribution in [1.82, 2.24) is 0 Å². The normalized spacial score (nSPS) is 10.9. The molecule has 0 amide bonds. The number of carbonyl (C=O) groups excluding carboxylic acids is 1. The van der Waals surface area contributed by atoms with E-state index in [-0.39, 0.29) is 5.76 Å². The number of carbonyl (C=O) groups is 1. The Balaban J connectivity index is 2.88. The largest absolute Gasteiger partial charge is 0.497 e. The molecule has 0 aliphatic rings. The van der Waals surface area contributed by atoms with Gasteiger partial charge in [-0.2, -0.15) is 0 Å². The van der Waals surface area contributed by atoms with Crippen LogP contribution in [-0.4, -0.2) is 26.3 Å². The number of esters is 1. The number of hydrogen-bond donors (Lipinski definition) is 0. The van der Waals surface area contributed by atoms with Crippen molar-refractivity contribution >= 4 is 12.0 Å². The lowest BCUT2D eigenvalue weighted by molar-refractivity contribution is -0.142. The van der Waals surface area contributed by atoms with Crippen LogP contribution in [0.1, 0.15) is 19.4 Å². The van der Waals surface area contributed by atoms with E-state index in [1.807, 2.05) is 31.2 Å². The van der Waals surface area contributed by atoms with Gasteiger partial charge in [0.2, 0.25) is 5.76 Å². The maximum absolute atomic E-state index is 11.6. The summed E-state index contributed by atoms with van der Waals surface area (Å²) in [5.41, 5.74) is 0.854. The lowest BCUT2D eigenvalue weighted by Gasteiger charge is -2.07. The molecule has 0 N–H and O–H groups in total. The molecule has 18 heavy (non-hydrogen) atoms. The van der Waals surface area contributed by atoms with Crippen molar-refractivity contribution in [2.45, 2.75) is 13.8 Å². The zero-order valence-corrected chi connectivity index (χ0v) is 10.9.